The summed E-state index contributed by atoms with van der Waals surface area (Å²) in [6.07, 6.45) is 0. The predicted molar refractivity (Wildman–Crippen MR) is 99.6 cm³/mol. The average molecular weight is 406 g/mol. The molecule has 0 aromatic heterocycles. The van der Waals surface area contributed by atoms with Gasteiger partial charge in [0.2, 0.25) is 0 Å². The van der Waals surface area contributed by atoms with E-state index < -0.39 is 5.97 Å². The molecule has 0 saturated carbocycles. The first-order valence-corrected chi connectivity index (χ1v) is 8.79. The fourth-order valence-corrected chi connectivity index (χ4v) is 3.25. The van der Waals surface area contributed by atoms with Crippen LogP contribution < -0.4 is 4.74 Å². The van der Waals surface area contributed by atoms with Gasteiger partial charge in [-0.3, -0.25) is 0 Å². The Morgan fingerprint density at radius 3 is 2.38 bits per heavy atom. The third-order valence-corrected chi connectivity index (χ3v) is 4.88. The number of morpholine rings is 1. The van der Waals surface area contributed by atoms with Gasteiger partial charge in [0.1, 0.15) is 10.7 Å². The number of halogens is 1. The summed E-state index contributed by atoms with van der Waals surface area (Å²) in [6.45, 7) is 2.79. The fourth-order valence-electron chi connectivity index (χ4n) is 2.45. The van der Waals surface area contributed by atoms with Crippen LogP contribution in [0.5, 0.6) is 5.75 Å². The van der Waals surface area contributed by atoms with Crippen molar-refractivity contribution in [3.63, 3.8) is 0 Å². The number of benzene rings is 2. The zero-order valence-electron chi connectivity index (χ0n) is 12.9. The van der Waals surface area contributed by atoms with Crippen molar-refractivity contribution in [2.24, 2.45) is 0 Å². The molecule has 0 atom stereocenters. The molecule has 1 aliphatic heterocycles. The normalized spacial score (nSPS) is 14.3. The molecule has 0 unspecified atom stereocenters. The number of para-hydroxylation sites is 1. The maximum Gasteiger partial charge on any atom is 0.344 e. The van der Waals surface area contributed by atoms with E-state index in [1.54, 1.807) is 24.3 Å². The van der Waals surface area contributed by atoms with Crippen LogP contribution in [0.25, 0.3) is 0 Å². The van der Waals surface area contributed by atoms with E-state index in [2.05, 4.69) is 20.8 Å². The van der Waals surface area contributed by atoms with Gasteiger partial charge in [0, 0.05) is 17.6 Å². The molecule has 1 fully saturated rings. The van der Waals surface area contributed by atoms with Gasteiger partial charge in [-0.1, -0.05) is 36.5 Å². The average Bonchev–Trinajstić information content (AvgIpc) is 2.62. The molecule has 2 aromatic carbocycles. The molecular formula is C18H16BrNO3S. The monoisotopic (exact) mass is 405 g/mol. The Morgan fingerprint density at radius 2 is 1.67 bits per heavy atom. The summed E-state index contributed by atoms with van der Waals surface area (Å²) >= 11 is 8.96. The molecular weight excluding hydrogens is 390 g/mol. The second-order valence-electron chi connectivity index (χ2n) is 5.27. The summed E-state index contributed by atoms with van der Waals surface area (Å²) in [6, 6.07) is 14.5. The summed E-state index contributed by atoms with van der Waals surface area (Å²) in [5.74, 6) is 0.0504. The first-order chi connectivity index (χ1) is 11.7. The van der Waals surface area contributed by atoms with Crippen molar-refractivity contribution in [1.29, 1.82) is 0 Å². The highest BCUT2D eigenvalue weighted by Gasteiger charge is 2.20. The molecule has 0 N–H and O–H groups in total. The molecule has 0 bridgehead atoms. The van der Waals surface area contributed by atoms with Crippen LogP contribution >= 0.6 is 28.1 Å². The minimum Gasteiger partial charge on any atom is -0.422 e. The van der Waals surface area contributed by atoms with E-state index in [1.807, 2.05) is 24.3 Å². The molecule has 0 radical (unpaired) electrons. The lowest BCUT2D eigenvalue weighted by atomic mass is 10.1. The summed E-state index contributed by atoms with van der Waals surface area (Å²) in [5.41, 5.74) is 1.22. The smallest absolute Gasteiger partial charge is 0.344 e. The van der Waals surface area contributed by atoms with Crippen LogP contribution in [0.15, 0.2) is 53.0 Å². The van der Waals surface area contributed by atoms with E-state index in [9.17, 15) is 4.79 Å². The van der Waals surface area contributed by atoms with Crippen LogP contribution in [0.3, 0.4) is 0 Å². The quantitative estimate of drug-likeness (QED) is 0.442. The van der Waals surface area contributed by atoms with Gasteiger partial charge < -0.3 is 14.4 Å². The Bertz CT molecular complexity index is 759. The zero-order valence-corrected chi connectivity index (χ0v) is 15.3. The standard InChI is InChI=1S/C18H16BrNO3S/c19-15-7-3-1-5-13(15)18(21)23-16-8-4-2-6-14(16)17(24)20-9-11-22-12-10-20/h1-8H,9-12H2. The number of rotatable bonds is 3. The highest BCUT2D eigenvalue weighted by Crippen LogP contribution is 2.24. The molecule has 3 rings (SSSR count). The molecule has 24 heavy (non-hydrogen) atoms. The van der Waals surface area contributed by atoms with Crippen molar-refractivity contribution in [2.45, 2.75) is 0 Å². The third kappa shape index (κ3) is 3.83. The number of carbonyl (C=O) groups is 1. The first kappa shape index (κ1) is 17.1. The molecule has 2 aromatic rings. The molecule has 4 nitrogen and oxygen atoms in total. The van der Waals surface area contributed by atoms with Crippen molar-refractivity contribution in [1.82, 2.24) is 4.90 Å². The number of hydrogen-bond donors (Lipinski definition) is 0. The Kier molecular flexibility index (Phi) is 5.60. The van der Waals surface area contributed by atoms with Gasteiger partial charge in [-0.2, -0.15) is 0 Å². The van der Waals surface area contributed by atoms with Crippen molar-refractivity contribution in [3.8, 4) is 5.75 Å². The molecule has 0 aliphatic carbocycles. The van der Waals surface area contributed by atoms with E-state index in [4.69, 9.17) is 21.7 Å². The second-order valence-corrected chi connectivity index (χ2v) is 6.51. The lowest BCUT2D eigenvalue weighted by Crippen LogP contribution is -2.40. The predicted octanol–water partition coefficient (Wildman–Crippen LogP) is 3.68. The number of carbonyl (C=O) groups excluding carboxylic acids is 1. The van der Waals surface area contributed by atoms with Gasteiger partial charge in [0.25, 0.3) is 0 Å². The molecule has 124 valence electrons. The summed E-state index contributed by atoms with van der Waals surface area (Å²) in [7, 11) is 0. The lowest BCUT2D eigenvalue weighted by Gasteiger charge is -2.29. The number of thiocarbonyl (C=S) groups is 1. The maximum absolute atomic E-state index is 12.5. The SMILES string of the molecule is O=C(Oc1ccccc1C(=S)N1CCOCC1)c1ccccc1Br. The minimum absolute atomic E-state index is 0.417. The Labute approximate surface area is 154 Å². The van der Waals surface area contributed by atoms with E-state index >= 15 is 0 Å². The van der Waals surface area contributed by atoms with Gasteiger partial charge >= 0.3 is 5.97 Å². The van der Waals surface area contributed by atoms with E-state index in [-0.39, 0.29) is 0 Å². The topological polar surface area (TPSA) is 38.8 Å². The summed E-state index contributed by atoms with van der Waals surface area (Å²) in [4.78, 5) is 15.2. The fraction of sp³-hybridized carbons (Fsp3) is 0.222. The lowest BCUT2D eigenvalue weighted by molar-refractivity contribution is 0.0687. The van der Waals surface area contributed by atoms with E-state index in [0.29, 0.717) is 34.0 Å². The highest BCUT2D eigenvalue weighted by atomic mass is 79.9. The van der Waals surface area contributed by atoms with Crippen molar-refractivity contribution >= 4 is 39.1 Å². The van der Waals surface area contributed by atoms with Gasteiger partial charge in [-0.05, 0) is 40.2 Å². The Hall–Kier alpha value is -1.76. The van der Waals surface area contributed by atoms with Crippen LogP contribution in [0, 0.1) is 0 Å². The number of nitrogens with zero attached hydrogens (tertiary/aromatic N) is 1. The second kappa shape index (κ2) is 7.88. The largest absolute Gasteiger partial charge is 0.422 e. The van der Waals surface area contributed by atoms with Crippen LogP contribution in [0.2, 0.25) is 0 Å². The zero-order chi connectivity index (χ0) is 16.9. The minimum atomic E-state index is -0.417. The Balaban J connectivity index is 1.83. The number of esters is 1. The molecule has 0 spiro atoms. The van der Waals surface area contributed by atoms with Crippen LogP contribution in [-0.4, -0.2) is 42.2 Å². The van der Waals surface area contributed by atoms with Crippen LogP contribution in [0.4, 0.5) is 0 Å². The van der Waals surface area contributed by atoms with E-state index in [1.165, 1.54) is 0 Å². The van der Waals surface area contributed by atoms with Crippen LogP contribution in [0.1, 0.15) is 15.9 Å². The van der Waals surface area contributed by atoms with Gasteiger partial charge in [-0.15, -0.1) is 0 Å². The molecule has 1 heterocycles. The third-order valence-electron chi connectivity index (χ3n) is 3.71. The summed E-state index contributed by atoms with van der Waals surface area (Å²) in [5, 5.41) is 0. The maximum atomic E-state index is 12.5. The molecule has 0 amide bonds. The number of ether oxygens (including phenoxy) is 2. The first-order valence-electron chi connectivity index (χ1n) is 7.59. The Morgan fingerprint density at radius 1 is 1.04 bits per heavy atom. The molecule has 6 heteroatoms. The van der Waals surface area contributed by atoms with Gasteiger partial charge in [0.05, 0.1) is 24.3 Å². The van der Waals surface area contributed by atoms with E-state index in [0.717, 1.165) is 18.7 Å². The molecule has 1 saturated heterocycles. The van der Waals surface area contributed by atoms with Crippen molar-refractivity contribution in [3.05, 3.63) is 64.1 Å². The number of hydrogen-bond acceptors (Lipinski definition) is 4. The van der Waals surface area contributed by atoms with Gasteiger partial charge in [-0.25, -0.2) is 4.79 Å². The molecule has 1 aliphatic rings. The van der Waals surface area contributed by atoms with Crippen LogP contribution in [-0.2, 0) is 4.74 Å². The highest BCUT2D eigenvalue weighted by molar-refractivity contribution is 9.10. The van der Waals surface area contributed by atoms with Crippen molar-refractivity contribution in [2.75, 3.05) is 26.3 Å². The van der Waals surface area contributed by atoms with Crippen molar-refractivity contribution < 1.29 is 14.3 Å². The summed E-state index contributed by atoms with van der Waals surface area (Å²) < 4.78 is 11.7. The van der Waals surface area contributed by atoms with Gasteiger partial charge in [0.15, 0.2) is 0 Å².